The van der Waals surface area contributed by atoms with Gasteiger partial charge in [0.15, 0.2) is 0 Å². The SMILES string of the molecule is O=C(Cc1ccc(-c2ccc(N3CCCCC3)nc2)cc1F)Cc1ccc(-c2ccc(N3CCNCC3)nc2)cc1F. The molecule has 2 fully saturated rings. The summed E-state index contributed by atoms with van der Waals surface area (Å²) in [6.07, 6.45) is 6.93. The summed E-state index contributed by atoms with van der Waals surface area (Å²) in [6, 6.07) is 17.6. The quantitative estimate of drug-likeness (QED) is 0.289. The van der Waals surface area contributed by atoms with E-state index in [1.54, 1.807) is 36.7 Å². The molecule has 4 aromatic rings. The third kappa shape index (κ3) is 6.49. The number of hydrogen-bond acceptors (Lipinski definition) is 6. The van der Waals surface area contributed by atoms with Crippen LogP contribution in [0.4, 0.5) is 20.4 Å². The van der Waals surface area contributed by atoms with Gasteiger partial charge in [-0.25, -0.2) is 18.7 Å². The van der Waals surface area contributed by atoms with E-state index in [1.807, 2.05) is 24.3 Å². The minimum Gasteiger partial charge on any atom is -0.357 e. The highest BCUT2D eigenvalue weighted by molar-refractivity contribution is 5.83. The molecular formula is C34H35F2N5O. The number of anilines is 2. The number of aromatic nitrogens is 2. The largest absolute Gasteiger partial charge is 0.357 e. The van der Waals surface area contributed by atoms with Crippen LogP contribution in [-0.4, -0.2) is 55.0 Å². The Bertz CT molecular complexity index is 1410. The van der Waals surface area contributed by atoms with Crippen molar-refractivity contribution < 1.29 is 13.6 Å². The van der Waals surface area contributed by atoms with E-state index >= 15 is 8.78 Å². The molecule has 2 aliphatic rings. The summed E-state index contributed by atoms with van der Waals surface area (Å²) < 4.78 is 30.0. The van der Waals surface area contributed by atoms with Gasteiger partial charge in [-0.3, -0.25) is 4.79 Å². The van der Waals surface area contributed by atoms with Crippen molar-refractivity contribution in [3.63, 3.8) is 0 Å². The Kier molecular flexibility index (Phi) is 8.51. The van der Waals surface area contributed by atoms with Gasteiger partial charge in [0.25, 0.3) is 0 Å². The van der Waals surface area contributed by atoms with Crippen molar-refractivity contribution >= 4 is 17.4 Å². The van der Waals surface area contributed by atoms with Gasteiger partial charge in [0.05, 0.1) is 0 Å². The van der Waals surface area contributed by atoms with Crippen LogP contribution in [0.2, 0.25) is 0 Å². The first-order valence-corrected chi connectivity index (χ1v) is 14.8. The summed E-state index contributed by atoms with van der Waals surface area (Å²) in [7, 11) is 0. The van der Waals surface area contributed by atoms with E-state index in [9.17, 15) is 4.79 Å². The summed E-state index contributed by atoms with van der Waals surface area (Å²) in [5, 5.41) is 3.32. The lowest BCUT2D eigenvalue weighted by Gasteiger charge is -2.28. The first-order valence-electron chi connectivity index (χ1n) is 14.8. The van der Waals surface area contributed by atoms with Gasteiger partial charge >= 0.3 is 0 Å². The molecule has 0 spiro atoms. The summed E-state index contributed by atoms with van der Waals surface area (Å²) in [5.74, 6) is 0.701. The average molecular weight is 568 g/mol. The number of piperidine rings is 1. The Hall–Kier alpha value is -4.17. The molecule has 0 saturated carbocycles. The van der Waals surface area contributed by atoms with Crippen molar-refractivity contribution in [2.75, 3.05) is 49.1 Å². The number of nitrogens with zero attached hydrogens (tertiary/aromatic N) is 4. The lowest BCUT2D eigenvalue weighted by atomic mass is 9.98. The third-order valence-electron chi connectivity index (χ3n) is 8.16. The summed E-state index contributed by atoms with van der Waals surface area (Å²) in [5.41, 5.74) is 3.63. The molecule has 0 bridgehead atoms. The van der Waals surface area contributed by atoms with Gasteiger partial charge in [0, 0.05) is 75.6 Å². The van der Waals surface area contributed by atoms with Gasteiger partial charge in [-0.15, -0.1) is 0 Å². The second-order valence-corrected chi connectivity index (χ2v) is 11.1. The van der Waals surface area contributed by atoms with Crippen LogP contribution < -0.4 is 15.1 Å². The zero-order valence-corrected chi connectivity index (χ0v) is 23.7. The fourth-order valence-corrected chi connectivity index (χ4v) is 5.73. The maximum Gasteiger partial charge on any atom is 0.141 e. The number of Topliss-reactive ketones (excluding diaryl/α,β-unsaturated/α-hetero) is 1. The van der Waals surface area contributed by atoms with Gasteiger partial charge in [0.1, 0.15) is 29.1 Å². The number of carbonyl (C=O) groups is 1. The van der Waals surface area contributed by atoms with Gasteiger partial charge in [-0.05, 0) is 77.9 Å². The minimum absolute atomic E-state index is 0.100. The van der Waals surface area contributed by atoms with Crippen molar-refractivity contribution in [2.24, 2.45) is 0 Å². The van der Waals surface area contributed by atoms with E-state index in [2.05, 4.69) is 25.1 Å². The Morgan fingerprint density at radius 3 is 1.57 bits per heavy atom. The fraction of sp³-hybridized carbons (Fsp3) is 0.324. The molecule has 6 rings (SSSR count). The minimum atomic E-state index is -0.455. The summed E-state index contributed by atoms with van der Waals surface area (Å²) >= 11 is 0. The Labute approximate surface area is 245 Å². The molecule has 2 aliphatic heterocycles. The van der Waals surface area contributed by atoms with E-state index in [0.717, 1.165) is 62.0 Å². The first-order chi connectivity index (χ1) is 20.5. The Morgan fingerprint density at radius 1 is 0.643 bits per heavy atom. The molecule has 42 heavy (non-hydrogen) atoms. The highest BCUT2D eigenvalue weighted by atomic mass is 19.1. The summed E-state index contributed by atoms with van der Waals surface area (Å²) in [6.45, 7) is 5.69. The van der Waals surface area contributed by atoms with Crippen molar-refractivity contribution in [3.05, 3.63) is 95.8 Å². The predicted octanol–water partition coefficient (Wildman–Crippen LogP) is 5.84. The molecule has 0 radical (unpaired) electrons. The lowest BCUT2D eigenvalue weighted by molar-refractivity contribution is -0.117. The van der Waals surface area contributed by atoms with Crippen LogP contribution in [0, 0.1) is 11.6 Å². The number of nitrogens with one attached hydrogen (secondary N) is 1. The number of pyridine rings is 2. The maximum atomic E-state index is 15.0. The number of carbonyl (C=O) groups excluding carboxylic acids is 1. The molecule has 4 heterocycles. The number of hydrogen-bond donors (Lipinski definition) is 1. The molecule has 6 nitrogen and oxygen atoms in total. The Balaban J connectivity index is 1.07. The van der Waals surface area contributed by atoms with Crippen LogP contribution in [0.15, 0.2) is 73.1 Å². The number of halogens is 2. The van der Waals surface area contributed by atoms with Gasteiger partial charge in [-0.2, -0.15) is 0 Å². The second-order valence-electron chi connectivity index (χ2n) is 11.1. The van der Waals surface area contributed by atoms with Crippen molar-refractivity contribution in [1.29, 1.82) is 0 Å². The van der Waals surface area contributed by atoms with Crippen molar-refractivity contribution in [1.82, 2.24) is 15.3 Å². The molecule has 0 unspecified atom stereocenters. The number of benzene rings is 2. The molecule has 0 aliphatic carbocycles. The normalized spacial score (nSPS) is 15.6. The van der Waals surface area contributed by atoms with E-state index in [1.165, 1.54) is 31.4 Å². The smallest absolute Gasteiger partial charge is 0.141 e. The van der Waals surface area contributed by atoms with E-state index in [-0.39, 0.29) is 18.6 Å². The second kappa shape index (κ2) is 12.8. The molecule has 1 N–H and O–H groups in total. The monoisotopic (exact) mass is 567 g/mol. The topological polar surface area (TPSA) is 61.4 Å². The van der Waals surface area contributed by atoms with Crippen molar-refractivity contribution in [3.8, 4) is 22.3 Å². The molecule has 2 aromatic carbocycles. The highest BCUT2D eigenvalue weighted by Gasteiger charge is 2.16. The van der Waals surface area contributed by atoms with Gasteiger partial charge in [0.2, 0.25) is 0 Å². The molecule has 0 amide bonds. The molecule has 216 valence electrons. The summed E-state index contributed by atoms with van der Waals surface area (Å²) in [4.78, 5) is 26.5. The molecule has 2 aromatic heterocycles. The zero-order chi connectivity index (χ0) is 28.9. The third-order valence-corrected chi connectivity index (χ3v) is 8.16. The van der Waals surface area contributed by atoms with Gasteiger partial charge < -0.3 is 15.1 Å². The maximum absolute atomic E-state index is 15.0. The number of piperazine rings is 1. The van der Waals surface area contributed by atoms with Crippen LogP contribution in [0.5, 0.6) is 0 Å². The van der Waals surface area contributed by atoms with E-state index in [4.69, 9.17) is 0 Å². The van der Waals surface area contributed by atoms with Crippen LogP contribution in [0.1, 0.15) is 30.4 Å². The first kappa shape index (κ1) is 28.0. The van der Waals surface area contributed by atoms with Crippen molar-refractivity contribution in [2.45, 2.75) is 32.1 Å². The highest BCUT2D eigenvalue weighted by Crippen LogP contribution is 2.26. The Morgan fingerprint density at radius 2 is 1.12 bits per heavy atom. The van der Waals surface area contributed by atoms with Crippen LogP contribution >= 0.6 is 0 Å². The standard InChI is InChI=1S/C34H35F2N5O/c35-31-20-24(28-8-10-33(38-22-28)40-14-2-1-3-15-40)4-6-26(31)18-30(42)19-27-7-5-25(21-32(27)36)29-9-11-34(39-23-29)41-16-12-37-13-17-41/h4-11,20-23,37H,1-3,12-19H2. The van der Waals surface area contributed by atoms with Gasteiger partial charge in [-0.1, -0.05) is 24.3 Å². The molecular weight excluding hydrogens is 532 g/mol. The van der Waals surface area contributed by atoms with Crippen LogP contribution in [0.25, 0.3) is 22.3 Å². The molecule has 0 atom stereocenters. The molecule has 2 saturated heterocycles. The lowest BCUT2D eigenvalue weighted by Crippen LogP contribution is -2.43. The van der Waals surface area contributed by atoms with Crippen LogP contribution in [0.3, 0.4) is 0 Å². The van der Waals surface area contributed by atoms with E-state index < -0.39 is 11.6 Å². The molecule has 8 heteroatoms. The zero-order valence-electron chi connectivity index (χ0n) is 23.7. The fourth-order valence-electron chi connectivity index (χ4n) is 5.73. The number of rotatable bonds is 8. The number of ketones is 1. The van der Waals surface area contributed by atoms with Crippen LogP contribution in [-0.2, 0) is 17.6 Å². The predicted molar refractivity (Wildman–Crippen MR) is 163 cm³/mol. The van der Waals surface area contributed by atoms with E-state index in [0.29, 0.717) is 22.3 Å². The average Bonchev–Trinajstić information content (AvgIpc) is 3.04.